The number of fused-ring (bicyclic) bond motifs is 2. The van der Waals surface area contributed by atoms with Crippen LogP contribution in [0.15, 0.2) is 48.8 Å². The molecule has 0 atom stereocenters. The maximum Gasteiger partial charge on any atom is 0.306 e. The van der Waals surface area contributed by atoms with Crippen LogP contribution in [0.25, 0.3) is 21.8 Å². The molecule has 0 saturated carbocycles. The molecule has 33 heavy (non-hydrogen) atoms. The van der Waals surface area contributed by atoms with Crippen molar-refractivity contribution >= 4 is 27.8 Å². The number of aryl methyl sites for hydroxylation is 2. The summed E-state index contributed by atoms with van der Waals surface area (Å²) in [6.07, 6.45) is 6.35. The predicted octanol–water partition coefficient (Wildman–Crippen LogP) is 5.55. The van der Waals surface area contributed by atoms with Crippen molar-refractivity contribution in [2.45, 2.75) is 32.1 Å². The normalized spacial score (nSPS) is 11.5. The zero-order valence-electron chi connectivity index (χ0n) is 20.1. The number of benzene rings is 2. The van der Waals surface area contributed by atoms with Gasteiger partial charge in [0.2, 0.25) is 0 Å². The van der Waals surface area contributed by atoms with Gasteiger partial charge in [-0.2, -0.15) is 0 Å². The van der Waals surface area contributed by atoms with E-state index < -0.39 is 0 Å². The summed E-state index contributed by atoms with van der Waals surface area (Å²) in [5, 5.41) is 2.14. The van der Waals surface area contributed by atoms with Crippen LogP contribution < -0.4 is 9.47 Å². The molecule has 0 aliphatic rings. The average molecular weight is 449 g/mol. The first-order valence-electron chi connectivity index (χ1n) is 11.4. The van der Waals surface area contributed by atoms with Crippen LogP contribution in [0.1, 0.15) is 43.2 Å². The molecule has 0 fully saturated rings. The van der Waals surface area contributed by atoms with E-state index in [2.05, 4.69) is 40.6 Å². The molecule has 0 amide bonds. The molecule has 0 saturated heterocycles. The number of carbonyl (C=O) groups excluding carboxylic acids is 1. The second kappa shape index (κ2) is 9.61. The van der Waals surface area contributed by atoms with Crippen molar-refractivity contribution in [1.82, 2.24) is 9.13 Å². The third kappa shape index (κ3) is 4.42. The third-order valence-corrected chi connectivity index (χ3v) is 6.34. The Kier molecular flexibility index (Phi) is 6.63. The summed E-state index contributed by atoms with van der Waals surface area (Å²) >= 11 is 0. The van der Waals surface area contributed by atoms with E-state index in [-0.39, 0.29) is 18.3 Å². The summed E-state index contributed by atoms with van der Waals surface area (Å²) in [5.41, 5.74) is 4.34. The Morgan fingerprint density at radius 2 is 1.39 bits per heavy atom. The number of ether oxygens (including phenoxy) is 3. The van der Waals surface area contributed by atoms with Gasteiger partial charge in [0, 0.05) is 54.2 Å². The van der Waals surface area contributed by atoms with Gasteiger partial charge in [0.1, 0.15) is 11.5 Å². The van der Waals surface area contributed by atoms with Crippen LogP contribution in [0.2, 0.25) is 0 Å². The standard InChI is InChI=1S/C27H32N2O4/c1-6-7-12-33-27(30)15-20(23-16-28(2)25-10-8-18(31-4)13-21(23)25)24-17-29(3)26-11-9-19(32-5)14-22(24)26/h8-11,13-14,16-17,20H,6-7,12,15H2,1-5H3. The molecule has 6 heteroatoms. The van der Waals surface area contributed by atoms with Crippen LogP contribution in [0.3, 0.4) is 0 Å². The molecule has 0 bridgehead atoms. The summed E-state index contributed by atoms with van der Waals surface area (Å²) in [4.78, 5) is 12.9. The number of methoxy groups -OCH3 is 2. The van der Waals surface area contributed by atoms with E-state index >= 15 is 0 Å². The van der Waals surface area contributed by atoms with E-state index in [4.69, 9.17) is 14.2 Å². The molecule has 2 aromatic heterocycles. The van der Waals surface area contributed by atoms with Gasteiger partial charge in [-0.05, 0) is 53.9 Å². The number of carbonyl (C=O) groups is 1. The van der Waals surface area contributed by atoms with Gasteiger partial charge >= 0.3 is 5.97 Å². The highest BCUT2D eigenvalue weighted by Crippen LogP contribution is 2.40. The van der Waals surface area contributed by atoms with Crippen molar-refractivity contribution in [1.29, 1.82) is 0 Å². The lowest BCUT2D eigenvalue weighted by atomic mass is 9.88. The highest BCUT2D eigenvalue weighted by molar-refractivity contribution is 5.91. The first-order valence-corrected chi connectivity index (χ1v) is 11.4. The lowest BCUT2D eigenvalue weighted by molar-refractivity contribution is -0.144. The first kappa shape index (κ1) is 22.8. The van der Waals surface area contributed by atoms with Crippen molar-refractivity contribution < 1.29 is 19.0 Å². The Hall–Kier alpha value is -3.41. The van der Waals surface area contributed by atoms with Gasteiger partial charge in [-0.1, -0.05) is 13.3 Å². The van der Waals surface area contributed by atoms with E-state index in [1.165, 1.54) is 0 Å². The van der Waals surface area contributed by atoms with Crippen molar-refractivity contribution in [2.75, 3.05) is 20.8 Å². The largest absolute Gasteiger partial charge is 0.497 e. The van der Waals surface area contributed by atoms with Crippen LogP contribution in [-0.2, 0) is 23.6 Å². The van der Waals surface area contributed by atoms with Crippen molar-refractivity contribution in [3.63, 3.8) is 0 Å². The number of unbranched alkanes of at least 4 members (excludes halogenated alkanes) is 1. The van der Waals surface area contributed by atoms with Crippen LogP contribution >= 0.6 is 0 Å². The fourth-order valence-electron chi connectivity index (χ4n) is 4.56. The van der Waals surface area contributed by atoms with Crippen LogP contribution in [0.4, 0.5) is 0 Å². The zero-order chi connectivity index (χ0) is 23.5. The summed E-state index contributed by atoms with van der Waals surface area (Å²) in [6, 6.07) is 12.1. The maximum absolute atomic E-state index is 12.9. The Morgan fingerprint density at radius 3 is 1.85 bits per heavy atom. The zero-order valence-corrected chi connectivity index (χ0v) is 20.1. The summed E-state index contributed by atoms with van der Waals surface area (Å²) in [5.74, 6) is 1.22. The molecular weight excluding hydrogens is 416 g/mol. The average Bonchev–Trinajstić information content (AvgIpc) is 3.33. The molecule has 2 aromatic carbocycles. The molecule has 0 aliphatic heterocycles. The molecular formula is C27H32N2O4. The molecule has 0 unspecified atom stereocenters. The smallest absolute Gasteiger partial charge is 0.306 e. The molecule has 0 spiro atoms. The maximum atomic E-state index is 12.9. The monoisotopic (exact) mass is 448 g/mol. The summed E-state index contributed by atoms with van der Waals surface area (Å²) in [7, 11) is 7.40. The van der Waals surface area contributed by atoms with Crippen LogP contribution in [0.5, 0.6) is 11.5 Å². The first-order chi connectivity index (χ1) is 16.0. The molecule has 4 aromatic rings. The van der Waals surface area contributed by atoms with Crippen LogP contribution in [-0.4, -0.2) is 35.9 Å². The van der Waals surface area contributed by atoms with E-state index in [9.17, 15) is 4.79 Å². The second-order valence-electron chi connectivity index (χ2n) is 8.49. The Balaban J connectivity index is 1.88. The highest BCUT2D eigenvalue weighted by atomic mass is 16.5. The minimum atomic E-state index is -0.187. The van der Waals surface area contributed by atoms with Crippen molar-refractivity contribution in [3.8, 4) is 11.5 Å². The lowest BCUT2D eigenvalue weighted by Crippen LogP contribution is -2.12. The molecule has 0 N–H and O–H groups in total. The lowest BCUT2D eigenvalue weighted by Gasteiger charge is -2.16. The second-order valence-corrected chi connectivity index (χ2v) is 8.49. The number of hydrogen-bond acceptors (Lipinski definition) is 4. The van der Waals surface area contributed by atoms with E-state index in [1.54, 1.807) is 14.2 Å². The predicted molar refractivity (Wildman–Crippen MR) is 131 cm³/mol. The fourth-order valence-corrected chi connectivity index (χ4v) is 4.56. The molecule has 174 valence electrons. The van der Waals surface area contributed by atoms with E-state index in [0.717, 1.165) is 57.3 Å². The van der Waals surface area contributed by atoms with Gasteiger partial charge in [0.05, 0.1) is 27.2 Å². The SMILES string of the molecule is CCCCOC(=O)CC(c1cn(C)c2ccc(OC)cc12)c1cn(C)c2ccc(OC)cc12. The van der Waals surface area contributed by atoms with Crippen LogP contribution in [0, 0.1) is 0 Å². The molecule has 4 rings (SSSR count). The quantitative estimate of drug-likeness (QED) is 0.249. The van der Waals surface area contributed by atoms with Gasteiger partial charge < -0.3 is 23.3 Å². The van der Waals surface area contributed by atoms with Crippen molar-refractivity contribution in [2.24, 2.45) is 14.1 Å². The van der Waals surface area contributed by atoms with Gasteiger partial charge in [-0.25, -0.2) is 0 Å². The molecule has 6 nitrogen and oxygen atoms in total. The molecule has 0 aliphatic carbocycles. The minimum Gasteiger partial charge on any atom is -0.497 e. The number of esters is 1. The Morgan fingerprint density at radius 1 is 0.879 bits per heavy atom. The number of nitrogens with zero attached hydrogens (tertiary/aromatic N) is 2. The number of hydrogen-bond donors (Lipinski definition) is 0. The topological polar surface area (TPSA) is 54.6 Å². The highest BCUT2D eigenvalue weighted by Gasteiger charge is 2.26. The Bertz CT molecular complexity index is 1200. The van der Waals surface area contributed by atoms with Crippen molar-refractivity contribution in [3.05, 3.63) is 59.9 Å². The fraction of sp³-hybridized carbons (Fsp3) is 0.370. The molecule has 0 radical (unpaired) electrons. The number of rotatable bonds is 9. The van der Waals surface area contributed by atoms with E-state index in [0.29, 0.717) is 6.61 Å². The molecule has 2 heterocycles. The number of aromatic nitrogens is 2. The summed E-state index contributed by atoms with van der Waals surface area (Å²) in [6.45, 7) is 2.54. The minimum absolute atomic E-state index is 0.175. The van der Waals surface area contributed by atoms with E-state index in [1.807, 2.05) is 38.4 Å². The van der Waals surface area contributed by atoms with Gasteiger partial charge in [-0.15, -0.1) is 0 Å². The summed E-state index contributed by atoms with van der Waals surface area (Å²) < 4.78 is 20.8. The van der Waals surface area contributed by atoms with Gasteiger partial charge in [0.25, 0.3) is 0 Å². The third-order valence-electron chi connectivity index (χ3n) is 6.34. The van der Waals surface area contributed by atoms with Gasteiger partial charge in [-0.3, -0.25) is 4.79 Å². The van der Waals surface area contributed by atoms with Gasteiger partial charge in [0.15, 0.2) is 0 Å². The Labute approximate surface area is 194 Å².